The third kappa shape index (κ3) is 2.93. The van der Waals surface area contributed by atoms with Gasteiger partial charge in [-0.1, -0.05) is 51.4 Å². The predicted molar refractivity (Wildman–Crippen MR) is 85.1 cm³/mol. The molecule has 0 heterocycles. The number of hydrogen-bond donors (Lipinski definition) is 1. The summed E-state index contributed by atoms with van der Waals surface area (Å²) in [5, 5.41) is 10.7. The van der Waals surface area contributed by atoms with Crippen LogP contribution in [-0.4, -0.2) is 16.5 Å². The van der Waals surface area contributed by atoms with Crippen molar-refractivity contribution in [1.82, 2.24) is 0 Å². The van der Waals surface area contributed by atoms with Crippen molar-refractivity contribution < 1.29 is 9.90 Å². The topological polar surface area (TPSA) is 37.3 Å². The molecule has 2 heteroatoms. The first-order chi connectivity index (χ1) is 9.97. The third-order valence-corrected chi connectivity index (χ3v) is 6.70. The summed E-state index contributed by atoms with van der Waals surface area (Å²) < 4.78 is 0. The number of hydrogen-bond acceptors (Lipinski definition) is 2. The third-order valence-electron chi connectivity index (χ3n) is 6.70. The average Bonchev–Trinajstić information content (AvgIpc) is 2.71. The van der Waals surface area contributed by atoms with Crippen molar-refractivity contribution in [3.63, 3.8) is 0 Å². The summed E-state index contributed by atoms with van der Waals surface area (Å²) in [4.78, 5) is 12.3. The fourth-order valence-corrected chi connectivity index (χ4v) is 6.08. The molecule has 0 saturated heterocycles. The summed E-state index contributed by atoms with van der Waals surface area (Å²) in [6.07, 6.45) is 16.2. The summed E-state index contributed by atoms with van der Waals surface area (Å²) in [7, 11) is 0. The van der Waals surface area contributed by atoms with Crippen LogP contribution in [0.4, 0.5) is 0 Å². The summed E-state index contributed by atoms with van der Waals surface area (Å²) >= 11 is 0. The van der Waals surface area contributed by atoms with Gasteiger partial charge in [0.2, 0.25) is 0 Å². The summed E-state index contributed by atoms with van der Waals surface area (Å²) in [5.74, 6) is 0.473. The second-order valence-electron chi connectivity index (χ2n) is 8.63. The molecule has 2 nitrogen and oxygen atoms in total. The van der Waals surface area contributed by atoms with E-state index in [1.165, 1.54) is 64.2 Å². The molecule has 0 spiro atoms. The highest BCUT2D eigenvalue weighted by molar-refractivity contribution is 5.83. The maximum absolute atomic E-state index is 12.3. The summed E-state index contributed by atoms with van der Waals surface area (Å²) in [6, 6.07) is 0. The zero-order valence-electron chi connectivity index (χ0n) is 13.8. The van der Waals surface area contributed by atoms with Gasteiger partial charge in [-0.3, -0.25) is 4.79 Å². The van der Waals surface area contributed by atoms with E-state index in [1.807, 2.05) is 6.92 Å². The zero-order valence-corrected chi connectivity index (χ0v) is 13.8. The van der Waals surface area contributed by atoms with E-state index in [2.05, 4.69) is 0 Å². The lowest BCUT2D eigenvalue weighted by molar-refractivity contribution is -0.118. The van der Waals surface area contributed by atoms with Crippen LogP contribution in [0.15, 0.2) is 0 Å². The Kier molecular flexibility index (Phi) is 4.20. The minimum absolute atomic E-state index is 0.132. The minimum Gasteiger partial charge on any atom is -0.390 e. The number of ketones is 1. The van der Waals surface area contributed by atoms with Crippen molar-refractivity contribution in [3.05, 3.63) is 0 Å². The van der Waals surface area contributed by atoms with Gasteiger partial charge in [0.05, 0.1) is 5.60 Å². The van der Waals surface area contributed by atoms with Crippen molar-refractivity contribution in [2.45, 2.75) is 102 Å². The van der Waals surface area contributed by atoms with Gasteiger partial charge in [-0.15, -0.1) is 0 Å². The van der Waals surface area contributed by atoms with Crippen LogP contribution < -0.4 is 0 Å². The molecule has 0 bridgehead atoms. The number of carbonyl (C=O) groups is 1. The van der Waals surface area contributed by atoms with Crippen LogP contribution in [0, 0.1) is 10.8 Å². The lowest BCUT2D eigenvalue weighted by Gasteiger charge is -2.40. The quantitative estimate of drug-likeness (QED) is 0.697. The molecule has 3 rings (SSSR count). The summed E-state index contributed by atoms with van der Waals surface area (Å²) in [5.41, 5.74) is -0.277. The van der Waals surface area contributed by atoms with Crippen LogP contribution in [-0.2, 0) is 4.79 Å². The van der Waals surface area contributed by atoms with E-state index < -0.39 is 5.60 Å². The molecular formula is C19H32O2. The zero-order chi connectivity index (χ0) is 15.0. The van der Waals surface area contributed by atoms with Crippen LogP contribution in [0.2, 0.25) is 0 Å². The second kappa shape index (κ2) is 5.68. The van der Waals surface area contributed by atoms with Gasteiger partial charge in [-0.05, 0) is 43.4 Å². The first-order valence-electron chi connectivity index (χ1n) is 9.21. The van der Waals surface area contributed by atoms with E-state index in [9.17, 15) is 9.90 Å². The predicted octanol–water partition coefficient (Wildman–Crippen LogP) is 4.78. The van der Waals surface area contributed by atoms with Crippen LogP contribution in [0.1, 0.15) is 96.8 Å². The van der Waals surface area contributed by atoms with Gasteiger partial charge in [0.1, 0.15) is 5.78 Å². The van der Waals surface area contributed by atoms with Crippen molar-refractivity contribution in [3.8, 4) is 0 Å². The Morgan fingerprint density at radius 2 is 1.14 bits per heavy atom. The van der Waals surface area contributed by atoms with Gasteiger partial charge in [0.15, 0.2) is 0 Å². The van der Waals surface area contributed by atoms with Crippen molar-refractivity contribution >= 4 is 5.78 Å². The number of carbonyl (C=O) groups excluding carboxylic acids is 1. The van der Waals surface area contributed by atoms with Crippen LogP contribution in [0.5, 0.6) is 0 Å². The van der Waals surface area contributed by atoms with Gasteiger partial charge < -0.3 is 5.11 Å². The highest BCUT2D eigenvalue weighted by Crippen LogP contribution is 2.68. The van der Waals surface area contributed by atoms with Crippen LogP contribution >= 0.6 is 0 Å². The summed E-state index contributed by atoms with van der Waals surface area (Å²) in [6.45, 7) is 2.01. The van der Waals surface area contributed by atoms with Crippen molar-refractivity contribution in [2.75, 3.05) is 0 Å². The Morgan fingerprint density at radius 3 is 1.57 bits per heavy atom. The fourth-order valence-electron chi connectivity index (χ4n) is 6.08. The highest BCUT2D eigenvalue weighted by Gasteiger charge is 2.64. The molecule has 3 saturated carbocycles. The molecule has 0 aromatic carbocycles. The molecule has 2 atom stereocenters. The van der Waals surface area contributed by atoms with Crippen molar-refractivity contribution in [2.24, 2.45) is 10.8 Å². The fraction of sp³-hybridized carbons (Fsp3) is 0.947. The number of rotatable bonds is 0. The molecule has 0 radical (unpaired) electrons. The Hall–Kier alpha value is -0.370. The molecular weight excluding hydrogens is 260 g/mol. The molecule has 3 aliphatic rings. The molecule has 3 fully saturated rings. The van der Waals surface area contributed by atoms with E-state index >= 15 is 0 Å². The van der Waals surface area contributed by atoms with E-state index in [4.69, 9.17) is 0 Å². The van der Waals surface area contributed by atoms with E-state index in [1.54, 1.807) is 0 Å². The molecule has 3 aliphatic carbocycles. The maximum Gasteiger partial charge on any atom is 0.134 e. The van der Waals surface area contributed by atoms with E-state index in [0.717, 1.165) is 25.7 Å². The van der Waals surface area contributed by atoms with E-state index in [0.29, 0.717) is 5.78 Å². The molecule has 0 unspecified atom stereocenters. The molecule has 0 aromatic heterocycles. The SMILES string of the molecule is CC1(O)C[C@]23CCCCCCCCCC[C@@]2(CC(=O)C3)C1. The number of aliphatic hydroxyl groups is 1. The molecule has 0 amide bonds. The highest BCUT2D eigenvalue weighted by atomic mass is 16.3. The maximum atomic E-state index is 12.3. The monoisotopic (exact) mass is 292 g/mol. The van der Waals surface area contributed by atoms with Gasteiger partial charge in [-0.2, -0.15) is 0 Å². The molecule has 0 aromatic rings. The lowest BCUT2D eigenvalue weighted by Crippen LogP contribution is -2.32. The van der Waals surface area contributed by atoms with Crippen LogP contribution in [0.3, 0.4) is 0 Å². The first kappa shape index (κ1) is 15.5. The van der Waals surface area contributed by atoms with E-state index in [-0.39, 0.29) is 10.8 Å². The molecule has 0 aliphatic heterocycles. The van der Waals surface area contributed by atoms with Gasteiger partial charge in [0, 0.05) is 12.8 Å². The molecule has 120 valence electrons. The van der Waals surface area contributed by atoms with Crippen molar-refractivity contribution in [1.29, 1.82) is 0 Å². The van der Waals surface area contributed by atoms with Gasteiger partial charge in [-0.25, -0.2) is 0 Å². The minimum atomic E-state index is -0.541. The smallest absolute Gasteiger partial charge is 0.134 e. The first-order valence-corrected chi connectivity index (χ1v) is 9.21. The van der Waals surface area contributed by atoms with Crippen LogP contribution in [0.25, 0.3) is 0 Å². The normalized spacial score (nSPS) is 41.0. The molecule has 1 N–H and O–H groups in total. The second-order valence-corrected chi connectivity index (χ2v) is 8.63. The average molecular weight is 292 g/mol. The van der Waals surface area contributed by atoms with Gasteiger partial charge in [0.25, 0.3) is 0 Å². The van der Waals surface area contributed by atoms with Gasteiger partial charge >= 0.3 is 0 Å². The lowest BCUT2D eigenvalue weighted by atomic mass is 9.63. The Balaban J connectivity index is 1.85. The molecule has 21 heavy (non-hydrogen) atoms. The Labute approximate surface area is 129 Å². The standard InChI is InChI=1S/C19H32O2/c1-17(21)14-18-10-8-6-4-2-3-5-7-9-11-19(18,15-17)13-16(20)12-18/h21H,2-15H2,1H3/t18-,19-/m1/s1. The number of Topliss-reactive ketones (excluding diaryl/α,β-unsaturated/α-hetero) is 1. The Morgan fingerprint density at radius 1 is 0.762 bits per heavy atom. The Bertz CT molecular complexity index is 366. The largest absolute Gasteiger partial charge is 0.390 e.